The molecule has 1 heterocycles. The first kappa shape index (κ1) is 27.9. The number of para-hydroxylation sites is 1. The first-order valence-electron chi connectivity index (χ1n) is 12.0. The number of rotatable bonds is 6. The number of benzene rings is 4. The molecule has 1 amide bonds. The second-order valence-corrected chi connectivity index (χ2v) is 9.59. The van der Waals surface area contributed by atoms with Crippen LogP contribution in [-0.2, 0) is 6.18 Å². The van der Waals surface area contributed by atoms with Gasteiger partial charge in [0, 0.05) is 37.6 Å². The molecule has 4 aromatic carbocycles. The first-order valence-corrected chi connectivity index (χ1v) is 12.8. The fourth-order valence-corrected chi connectivity index (χ4v) is 4.56. The third kappa shape index (κ3) is 6.11. The van der Waals surface area contributed by atoms with Crippen molar-refractivity contribution >= 4 is 52.2 Å². The normalized spacial score (nSPS) is 11.6. The molecule has 5 rings (SSSR count). The molecule has 2 N–H and O–H groups in total. The molecule has 0 radical (unpaired) electrons. The van der Waals surface area contributed by atoms with Crippen LogP contribution in [0.3, 0.4) is 0 Å². The average Bonchev–Trinajstić information content (AvgIpc) is 3.32. The Labute approximate surface area is 241 Å². The smallest absolute Gasteiger partial charge is 0.416 e. The van der Waals surface area contributed by atoms with E-state index in [4.69, 9.17) is 27.9 Å². The molecule has 0 fully saturated rings. The first-order chi connectivity index (χ1) is 19.6. The van der Waals surface area contributed by atoms with Crippen molar-refractivity contribution in [3.63, 3.8) is 0 Å². The molecule has 0 atom stereocenters. The van der Waals surface area contributed by atoms with E-state index in [-0.39, 0.29) is 17.0 Å². The van der Waals surface area contributed by atoms with Gasteiger partial charge >= 0.3 is 12.1 Å². The molecule has 0 bridgehead atoms. The van der Waals surface area contributed by atoms with Gasteiger partial charge in [-0.05, 0) is 54.6 Å². The summed E-state index contributed by atoms with van der Waals surface area (Å²) in [5.74, 6) is -1.53. The highest BCUT2D eigenvalue weighted by Gasteiger charge is 2.31. The zero-order valence-corrected chi connectivity index (χ0v) is 22.3. The Morgan fingerprint density at radius 3 is 2.44 bits per heavy atom. The quantitative estimate of drug-likeness (QED) is 0.0899. The van der Waals surface area contributed by atoms with Crippen molar-refractivity contribution in [3.05, 3.63) is 123 Å². The Kier molecular flexibility index (Phi) is 7.83. The number of nitrogens with zero attached hydrogens (tertiary/aromatic N) is 1. The van der Waals surface area contributed by atoms with Crippen LogP contribution >= 0.6 is 23.2 Å². The fourth-order valence-electron chi connectivity index (χ4n) is 4.16. The van der Waals surface area contributed by atoms with Gasteiger partial charge in [0.1, 0.15) is 11.4 Å². The minimum Gasteiger partial charge on any atom is -0.422 e. The number of nitrogens with one attached hydrogen (secondary N) is 2. The van der Waals surface area contributed by atoms with Crippen LogP contribution < -0.4 is 10.2 Å². The molecule has 206 valence electrons. The summed E-state index contributed by atoms with van der Waals surface area (Å²) < 4.78 is 44.5. The molecule has 0 aliphatic carbocycles. The van der Waals surface area contributed by atoms with Gasteiger partial charge in [0.2, 0.25) is 0 Å². The summed E-state index contributed by atoms with van der Waals surface area (Å²) in [6.07, 6.45) is -3.36. The number of esters is 1. The van der Waals surface area contributed by atoms with Crippen molar-refractivity contribution in [2.75, 3.05) is 0 Å². The van der Waals surface area contributed by atoms with Crippen molar-refractivity contribution in [1.82, 2.24) is 10.4 Å². The summed E-state index contributed by atoms with van der Waals surface area (Å²) >= 11 is 12.7. The van der Waals surface area contributed by atoms with E-state index in [1.54, 1.807) is 60.7 Å². The Balaban J connectivity index is 1.39. The highest BCUT2D eigenvalue weighted by atomic mass is 35.5. The van der Waals surface area contributed by atoms with Gasteiger partial charge in [-0.2, -0.15) is 18.3 Å². The predicted molar refractivity (Wildman–Crippen MR) is 152 cm³/mol. The van der Waals surface area contributed by atoms with Crippen LogP contribution in [0.2, 0.25) is 10.0 Å². The second-order valence-electron chi connectivity index (χ2n) is 8.75. The van der Waals surface area contributed by atoms with Crippen molar-refractivity contribution in [1.29, 1.82) is 0 Å². The van der Waals surface area contributed by atoms with E-state index in [0.717, 1.165) is 12.1 Å². The number of carbonyl (C=O) groups excluding carboxylic acids is 2. The topological polar surface area (TPSA) is 83.5 Å². The molecular weight excluding hydrogens is 578 g/mol. The van der Waals surface area contributed by atoms with Gasteiger partial charge in [0.15, 0.2) is 0 Å². The fraction of sp³-hybridized carbons (Fsp3) is 0.0333. The van der Waals surface area contributed by atoms with Crippen LogP contribution in [0.4, 0.5) is 13.2 Å². The summed E-state index contributed by atoms with van der Waals surface area (Å²) in [7, 11) is 0. The number of amides is 1. The third-order valence-corrected chi connectivity index (χ3v) is 6.61. The highest BCUT2D eigenvalue weighted by molar-refractivity contribution is 6.34. The lowest BCUT2D eigenvalue weighted by Gasteiger charge is -2.10. The van der Waals surface area contributed by atoms with Crippen LogP contribution in [0.25, 0.3) is 22.0 Å². The van der Waals surface area contributed by atoms with Crippen molar-refractivity contribution in [3.8, 4) is 16.9 Å². The molecule has 41 heavy (non-hydrogen) atoms. The summed E-state index contributed by atoms with van der Waals surface area (Å²) in [6, 6.07) is 22.4. The lowest BCUT2D eigenvalue weighted by atomic mass is 10.0. The van der Waals surface area contributed by atoms with Gasteiger partial charge in [0.05, 0.1) is 17.3 Å². The molecule has 0 unspecified atom stereocenters. The Hall–Kier alpha value is -4.60. The van der Waals surface area contributed by atoms with Gasteiger partial charge in [-0.25, -0.2) is 10.2 Å². The van der Waals surface area contributed by atoms with Crippen LogP contribution in [-0.4, -0.2) is 23.1 Å². The number of H-pyrrole nitrogens is 1. The summed E-state index contributed by atoms with van der Waals surface area (Å²) in [5, 5.41) is 5.60. The number of aromatic nitrogens is 1. The minimum atomic E-state index is -4.61. The van der Waals surface area contributed by atoms with Crippen LogP contribution in [0, 0.1) is 0 Å². The van der Waals surface area contributed by atoms with Crippen molar-refractivity contribution < 1.29 is 27.5 Å². The maximum Gasteiger partial charge on any atom is 0.416 e. The van der Waals surface area contributed by atoms with E-state index >= 15 is 0 Å². The van der Waals surface area contributed by atoms with E-state index in [2.05, 4.69) is 15.5 Å². The number of fused-ring (bicyclic) bond motifs is 1. The standard InChI is InChI=1S/C30H18Cl2F3N3O3/c31-20-12-13-24-22(15-20)26(21-9-2-3-10-23(21)32)27(37-24)28(39)38-36-16-18-6-1-4-11-25(18)41-29(40)17-7-5-8-19(14-17)30(33,34)35/h1-16,37H,(H,38,39). The number of carbonyl (C=O) groups is 2. The number of halogens is 5. The zero-order chi connectivity index (χ0) is 29.1. The molecule has 1 aromatic heterocycles. The number of ether oxygens (including phenoxy) is 1. The lowest BCUT2D eigenvalue weighted by molar-refractivity contribution is -0.137. The Morgan fingerprint density at radius 1 is 0.902 bits per heavy atom. The van der Waals surface area contributed by atoms with Gasteiger partial charge in [-0.15, -0.1) is 0 Å². The summed E-state index contributed by atoms with van der Waals surface area (Å²) in [5.41, 5.74) is 3.50. The minimum absolute atomic E-state index is 0.0323. The maximum atomic E-state index is 13.2. The van der Waals surface area contributed by atoms with E-state index in [1.807, 2.05) is 0 Å². The molecule has 0 spiro atoms. The van der Waals surface area contributed by atoms with Crippen LogP contribution in [0.15, 0.2) is 96.1 Å². The van der Waals surface area contributed by atoms with Crippen LogP contribution in [0.5, 0.6) is 5.75 Å². The molecular formula is C30H18Cl2F3N3O3. The number of hydrogen-bond acceptors (Lipinski definition) is 4. The maximum absolute atomic E-state index is 13.2. The molecule has 0 aliphatic heterocycles. The molecule has 0 aliphatic rings. The number of hydrazone groups is 1. The summed E-state index contributed by atoms with van der Waals surface area (Å²) in [4.78, 5) is 28.9. The Bertz CT molecular complexity index is 1820. The lowest BCUT2D eigenvalue weighted by Crippen LogP contribution is -2.19. The molecule has 11 heteroatoms. The highest BCUT2D eigenvalue weighted by Crippen LogP contribution is 2.37. The molecule has 6 nitrogen and oxygen atoms in total. The number of aromatic amines is 1. The van der Waals surface area contributed by atoms with Gasteiger partial charge in [-0.3, -0.25) is 4.79 Å². The van der Waals surface area contributed by atoms with Gasteiger partial charge < -0.3 is 9.72 Å². The molecule has 0 saturated heterocycles. The van der Waals surface area contributed by atoms with Crippen LogP contribution in [0.1, 0.15) is 32.0 Å². The average molecular weight is 596 g/mol. The van der Waals surface area contributed by atoms with Crippen molar-refractivity contribution in [2.24, 2.45) is 5.10 Å². The molecule has 0 saturated carbocycles. The van der Waals surface area contributed by atoms with E-state index in [1.165, 1.54) is 18.3 Å². The van der Waals surface area contributed by atoms with Gasteiger partial charge in [0.25, 0.3) is 5.91 Å². The zero-order valence-electron chi connectivity index (χ0n) is 20.8. The SMILES string of the molecule is O=C(Oc1ccccc1C=NNC(=O)c1[nH]c2ccc(Cl)cc2c1-c1ccccc1Cl)c1cccc(C(F)(F)F)c1. The predicted octanol–water partition coefficient (Wildman–Crippen LogP) is 8.14. The molecule has 5 aromatic rings. The monoisotopic (exact) mass is 595 g/mol. The van der Waals surface area contributed by atoms with E-state index < -0.39 is 23.6 Å². The largest absolute Gasteiger partial charge is 0.422 e. The van der Waals surface area contributed by atoms with Gasteiger partial charge in [-0.1, -0.05) is 59.6 Å². The van der Waals surface area contributed by atoms with Crippen molar-refractivity contribution in [2.45, 2.75) is 6.18 Å². The number of alkyl halides is 3. The summed E-state index contributed by atoms with van der Waals surface area (Å²) in [6.45, 7) is 0. The van der Waals surface area contributed by atoms with E-state index in [0.29, 0.717) is 43.7 Å². The third-order valence-electron chi connectivity index (χ3n) is 6.05. The Morgan fingerprint density at radius 2 is 1.66 bits per heavy atom. The number of hydrogen-bond donors (Lipinski definition) is 2. The van der Waals surface area contributed by atoms with E-state index in [9.17, 15) is 22.8 Å². The second kappa shape index (κ2) is 11.5.